The zero-order valence-electron chi connectivity index (χ0n) is 11.8. The number of benzene rings is 1. The molecular formula is C13H20N2O4S. The summed E-state index contributed by atoms with van der Waals surface area (Å²) in [6.45, 7) is 6.02. The van der Waals surface area contributed by atoms with Crippen molar-refractivity contribution in [1.29, 1.82) is 0 Å². The molecule has 0 heterocycles. The first-order chi connectivity index (χ1) is 9.09. The van der Waals surface area contributed by atoms with Crippen molar-refractivity contribution < 1.29 is 18.3 Å². The molecule has 20 heavy (non-hydrogen) atoms. The molecule has 112 valence electrons. The Labute approximate surface area is 119 Å². The minimum Gasteiger partial charge on any atom is -0.478 e. The smallest absolute Gasteiger partial charge is 0.337 e. The third-order valence-electron chi connectivity index (χ3n) is 3.22. The molecule has 0 bridgehead atoms. The molecule has 0 atom stereocenters. The fraction of sp³-hybridized carbons (Fsp3) is 0.462. The van der Waals surface area contributed by atoms with Gasteiger partial charge in [0.25, 0.3) is 0 Å². The number of carboxylic acids is 1. The second-order valence-corrected chi connectivity index (χ2v) is 7.14. The molecule has 6 nitrogen and oxygen atoms in total. The van der Waals surface area contributed by atoms with E-state index in [1.807, 2.05) is 20.8 Å². The molecule has 7 heteroatoms. The molecule has 1 rings (SSSR count). The highest BCUT2D eigenvalue weighted by molar-refractivity contribution is 7.89. The van der Waals surface area contributed by atoms with E-state index in [1.165, 1.54) is 12.1 Å². The van der Waals surface area contributed by atoms with E-state index in [1.54, 1.807) is 0 Å². The number of sulfonamides is 1. The van der Waals surface area contributed by atoms with Gasteiger partial charge in [-0.1, -0.05) is 20.8 Å². The normalized spacial score (nSPS) is 12.3. The molecule has 0 amide bonds. The van der Waals surface area contributed by atoms with Gasteiger partial charge < -0.3 is 10.8 Å². The van der Waals surface area contributed by atoms with Crippen LogP contribution in [0.25, 0.3) is 0 Å². The quantitative estimate of drug-likeness (QED) is 0.692. The minimum atomic E-state index is -3.91. The van der Waals surface area contributed by atoms with Gasteiger partial charge in [0.15, 0.2) is 0 Å². The predicted molar refractivity (Wildman–Crippen MR) is 77.1 cm³/mol. The average molecular weight is 300 g/mol. The number of hydrogen-bond donors (Lipinski definition) is 3. The molecule has 0 saturated heterocycles. The van der Waals surface area contributed by atoms with Crippen LogP contribution in [-0.2, 0) is 10.0 Å². The molecule has 0 saturated carbocycles. The Hall–Kier alpha value is -1.60. The van der Waals surface area contributed by atoms with Crippen molar-refractivity contribution >= 4 is 21.7 Å². The van der Waals surface area contributed by atoms with Crippen molar-refractivity contribution in [2.45, 2.75) is 32.1 Å². The van der Waals surface area contributed by atoms with Crippen LogP contribution in [0.15, 0.2) is 23.1 Å². The van der Waals surface area contributed by atoms with E-state index in [-0.39, 0.29) is 28.1 Å². The lowest BCUT2D eigenvalue weighted by Gasteiger charge is -2.23. The number of rotatable bonds is 6. The number of nitrogen functional groups attached to an aromatic ring is 1. The third kappa shape index (κ3) is 3.94. The Morgan fingerprint density at radius 1 is 1.40 bits per heavy atom. The molecule has 0 radical (unpaired) electrons. The standard InChI is InChI=1S/C13H20N2O4S/c1-4-13(2,3)8-15-20(18,19)11-7-9(14)5-6-10(11)12(16)17/h5-7,15H,4,8,14H2,1-3H3,(H,16,17). The summed E-state index contributed by atoms with van der Waals surface area (Å²) in [5, 5.41) is 9.06. The summed E-state index contributed by atoms with van der Waals surface area (Å²) < 4.78 is 26.9. The van der Waals surface area contributed by atoms with Crippen LogP contribution in [0.2, 0.25) is 0 Å². The lowest BCUT2D eigenvalue weighted by atomic mass is 9.91. The van der Waals surface area contributed by atoms with E-state index in [0.717, 1.165) is 12.5 Å². The van der Waals surface area contributed by atoms with Crippen LogP contribution in [0, 0.1) is 5.41 Å². The van der Waals surface area contributed by atoms with E-state index >= 15 is 0 Å². The molecule has 0 fully saturated rings. The molecule has 0 aliphatic carbocycles. The van der Waals surface area contributed by atoms with Gasteiger partial charge in [0.1, 0.15) is 0 Å². The van der Waals surface area contributed by atoms with Crippen molar-refractivity contribution in [2.75, 3.05) is 12.3 Å². The van der Waals surface area contributed by atoms with E-state index in [2.05, 4.69) is 4.72 Å². The van der Waals surface area contributed by atoms with Crippen molar-refractivity contribution in [3.8, 4) is 0 Å². The van der Waals surface area contributed by atoms with Crippen LogP contribution in [-0.4, -0.2) is 26.0 Å². The summed E-state index contributed by atoms with van der Waals surface area (Å²) in [7, 11) is -3.91. The van der Waals surface area contributed by atoms with Gasteiger partial charge in [0, 0.05) is 12.2 Å². The maximum absolute atomic E-state index is 12.2. The monoisotopic (exact) mass is 300 g/mol. The molecule has 0 aromatic heterocycles. The average Bonchev–Trinajstić information content (AvgIpc) is 2.36. The second-order valence-electron chi connectivity index (χ2n) is 5.40. The maximum Gasteiger partial charge on any atom is 0.337 e. The number of hydrogen-bond acceptors (Lipinski definition) is 4. The fourth-order valence-corrected chi connectivity index (χ4v) is 2.90. The van der Waals surface area contributed by atoms with Gasteiger partial charge in [-0.05, 0) is 30.0 Å². The molecule has 0 aliphatic heterocycles. The van der Waals surface area contributed by atoms with Crippen LogP contribution in [0.3, 0.4) is 0 Å². The largest absolute Gasteiger partial charge is 0.478 e. The Balaban J connectivity index is 3.16. The van der Waals surface area contributed by atoms with Gasteiger partial charge in [0.05, 0.1) is 10.5 Å². The van der Waals surface area contributed by atoms with E-state index in [4.69, 9.17) is 10.8 Å². The third-order valence-corrected chi connectivity index (χ3v) is 4.66. The van der Waals surface area contributed by atoms with Crippen LogP contribution in [0.1, 0.15) is 37.6 Å². The topological polar surface area (TPSA) is 109 Å². The Bertz CT molecular complexity index is 609. The highest BCUT2D eigenvalue weighted by atomic mass is 32.2. The van der Waals surface area contributed by atoms with E-state index < -0.39 is 16.0 Å². The first-order valence-corrected chi connectivity index (χ1v) is 7.70. The molecule has 1 aromatic carbocycles. The molecule has 1 aromatic rings. The first kappa shape index (κ1) is 16.5. The Morgan fingerprint density at radius 2 is 2.00 bits per heavy atom. The number of nitrogens with one attached hydrogen (secondary N) is 1. The number of carbonyl (C=O) groups is 1. The van der Waals surface area contributed by atoms with Crippen LogP contribution in [0.5, 0.6) is 0 Å². The SMILES string of the molecule is CCC(C)(C)CNS(=O)(=O)c1cc(N)ccc1C(=O)O. The van der Waals surface area contributed by atoms with Crippen molar-refractivity contribution in [1.82, 2.24) is 4.72 Å². The Kier molecular flexibility index (Phi) is 4.77. The highest BCUT2D eigenvalue weighted by Crippen LogP contribution is 2.22. The summed E-state index contributed by atoms with van der Waals surface area (Å²) in [6, 6.07) is 3.71. The van der Waals surface area contributed by atoms with Gasteiger partial charge in [0.2, 0.25) is 10.0 Å². The Morgan fingerprint density at radius 3 is 2.50 bits per heavy atom. The van der Waals surface area contributed by atoms with Gasteiger partial charge >= 0.3 is 5.97 Å². The van der Waals surface area contributed by atoms with Gasteiger partial charge in [-0.15, -0.1) is 0 Å². The molecule has 0 unspecified atom stereocenters. The van der Waals surface area contributed by atoms with Crippen LogP contribution < -0.4 is 10.5 Å². The first-order valence-electron chi connectivity index (χ1n) is 6.21. The zero-order valence-corrected chi connectivity index (χ0v) is 12.6. The van der Waals surface area contributed by atoms with Gasteiger partial charge in [-0.2, -0.15) is 0 Å². The van der Waals surface area contributed by atoms with Gasteiger partial charge in [-0.25, -0.2) is 17.9 Å². The molecular weight excluding hydrogens is 280 g/mol. The van der Waals surface area contributed by atoms with E-state index in [0.29, 0.717) is 0 Å². The minimum absolute atomic E-state index is 0.199. The van der Waals surface area contributed by atoms with Gasteiger partial charge in [-0.3, -0.25) is 0 Å². The molecule has 0 spiro atoms. The second kappa shape index (κ2) is 5.80. The van der Waals surface area contributed by atoms with Crippen LogP contribution in [0.4, 0.5) is 5.69 Å². The number of anilines is 1. The maximum atomic E-state index is 12.2. The molecule has 0 aliphatic rings. The zero-order chi connectivity index (χ0) is 15.6. The predicted octanol–water partition coefficient (Wildman–Crippen LogP) is 1.68. The number of aromatic carboxylic acids is 1. The summed E-state index contributed by atoms with van der Waals surface area (Å²) in [4.78, 5) is 10.8. The summed E-state index contributed by atoms with van der Waals surface area (Å²) >= 11 is 0. The number of nitrogens with two attached hydrogens (primary N) is 1. The van der Waals surface area contributed by atoms with Crippen molar-refractivity contribution in [2.24, 2.45) is 5.41 Å². The fourth-order valence-electron chi connectivity index (χ4n) is 1.43. The highest BCUT2D eigenvalue weighted by Gasteiger charge is 2.25. The summed E-state index contributed by atoms with van der Waals surface area (Å²) in [5.74, 6) is -1.31. The summed E-state index contributed by atoms with van der Waals surface area (Å²) in [5.41, 5.74) is 5.24. The lowest BCUT2D eigenvalue weighted by Crippen LogP contribution is -2.34. The van der Waals surface area contributed by atoms with Crippen molar-refractivity contribution in [3.05, 3.63) is 23.8 Å². The van der Waals surface area contributed by atoms with Crippen LogP contribution >= 0.6 is 0 Å². The number of carboxylic acid groups (broad SMARTS) is 1. The molecule has 4 N–H and O–H groups in total. The lowest BCUT2D eigenvalue weighted by molar-refractivity contribution is 0.0692. The summed E-state index contributed by atoms with van der Waals surface area (Å²) in [6.07, 6.45) is 0.790. The van der Waals surface area contributed by atoms with Crippen molar-refractivity contribution in [3.63, 3.8) is 0 Å². The van der Waals surface area contributed by atoms with E-state index in [9.17, 15) is 13.2 Å².